The van der Waals surface area contributed by atoms with Gasteiger partial charge in [-0.25, -0.2) is 0 Å². The van der Waals surface area contributed by atoms with Crippen LogP contribution in [0.15, 0.2) is 46.9 Å². The minimum absolute atomic E-state index is 0.0192. The van der Waals surface area contributed by atoms with Gasteiger partial charge in [0.2, 0.25) is 5.91 Å². The number of thiophene rings is 1. The van der Waals surface area contributed by atoms with E-state index in [9.17, 15) is 4.79 Å². The number of nitrogens with one attached hydrogen (secondary N) is 1. The lowest BCUT2D eigenvalue weighted by Gasteiger charge is -2.07. The molecule has 0 atom stereocenters. The first-order valence-electron chi connectivity index (χ1n) is 9.54. The Morgan fingerprint density at radius 2 is 2.04 bits per heavy atom. The maximum atomic E-state index is 12.2. The lowest BCUT2D eigenvalue weighted by Crippen LogP contribution is -2.27. The van der Waals surface area contributed by atoms with Crippen molar-refractivity contribution in [3.05, 3.63) is 52.2 Å². The molecule has 0 unspecified atom stereocenters. The third-order valence-electron chi connectivity index (χ3n) is 4.39. The summed E-state index contributed by atoms with van der Waals surface area (Å²) < 4.78 is 2.08. The Morgan fingerprint density at radius 3 is 2.71 bits per heavy atom. The zero-order valence-electron chi connectivity index (χ0n) is 16.5. The number of hydrogen-bond donors (Lipinski definition) is 1. The second kappa shape index (κ2) is 9.89. The third-order valence-corrected chi connectivity index (χ3v) is 6.59. The standard InChI is InChI=1S/C21H26N4OS2/c1-4-25-20(17-12-18(15(2)3)27-13-17)23-24-21(25)28-14-19(26)22-11-10-16-8-6-5-7-9-16/h5-9,12-13,15H,4,10-11,14H2,1-3H3,(H,22,26). The Morgan fingerprint density at radius 1 is 1.25 bits per heavy atom. The molecule has 2 heterocycles. The largest absolute Gasteiger partial charge is 0.355 e. The van der Waals surface area contributed by atoms with E-state index in [4.69, 9.17) is 0 Å². The van der Waals surface area contributed by atoms with Crippen molar-refractivity contribution in [3.63, 3.8) is 0 Å². The fraction of sp³-hybridized carbons (Fsp3) is 0.381. The molecule has 0 fully saturated rings. The number of thioether (sulfide) groups is 1. The van der Waals surface area contributed by atoms with Crippen molar-refractivity contribution in [2.45, 2.75) is 44.8 Å². The molecule has 0 saturated heterocycles. The highest BCUT2D eigenvalue weighted by molar-refractivity contribution is 7.99. The summed E-state index contributed by atoms with van der Waals surface area (Å²) in [7, 11) is 0. The molecular formula is C21H26N4OS2. The quantitative estimate of drug-likeness (QED) is 0.520. The predicted octanol–water partition coefficient (Wildman–Crippen LogP) is 4.60. The summed E-state index contributed by atoms with van der Waals surface area (Å²) in [5, 5.41) is 14.6. The molecule has 0 aliphatic carbocycles. The van der Waals surface area contributed by atoms with E-state index in [1.807, 2.05) is 18.2 Å². The van der Waals surface area contributed by atoms with Crippen LogP contribution in [0.25, 0.3) is 11.4 Å². The van der Waals surface area contributed by atoms with Crippen LogP contribution in [-0.4, -0.2) is 33.0 Å². The van der Waals surface area contributed by atoms with E-state index < -0.39 is 0 Å². The van der Waals surface area contributed by atoms with Gasteiger partial charge in [0.05, 0.1) is 5.75 Å². The lowest BCUT2D eigenvalue weighted by molar-refractivity contribution is -0.118. The summed E-state index contributed by atoms with van der Waals surface area (Å²) in [5.74, 6) is 1.74. The second-order valence-electron chi connectivity index (χ2n) is 6.82. The van der Waals surface area contributed by atoms with E-state index in [0.717, 1.165) is 29.5 Å². The van der Waals surface area contributed by atoms with Crippen LogP contribution in [0.4, 0.5) is 0 Å². The van der Waals surface area contributed by atoms with Crippen molar-refractivity contribution in [3.8, 4) is 11.4 Å². The summed E-state index contributed by atoms with van der Waals surface area (Å²) in [5.41, 5.74) is 2.32. The van der Waals surface area contributed by atoms with Gasteiger partial charge in [-0.1, -0.05) is 55.9 Å². The Hall–Kier alpha value is -2.12. The number of hydrogen-bond acceptors (Lipinski definition) is 5. The van der Waals surface area contributed by atoms with Crippen molar-refractivity contribution in [1.82, 2.24) is 20.1 Å². The predicted molar refractivity (Wildman–Crippen MR) is 117 cm³/mol. The second-order valence-corrected chi connectivity index (χ2v) is 8.70. The van der Waals surface area contributed by atoms with Gasteiger partial charge in [-0.2, -0.15) is 0 Å². The molecule has 5 nitrogen and oxygen atoms in total. The number of benzene rings is 1. The van der Waals surface area contributed by atoms with Gasteiger partial charge in [0.25, 0.3) is 0 Å². The maximum Gasteiger partial charge on any atom is 0.230 e. The van der Waals surface area contributed by atoms with Crippen molar-refractivity contribution < 1.29 is 4.79 Å². The summed E-state index contributed by atoms with van der Waals surface area (Å²) in [4.78, 5) is 13.5. The molecule has 0 saturated carbocycles. The topological polar surface area (TPSA) is 59.8 Å². The number of amides is 1. The Balaban J connectivity index is 1.55. The average Bonchev–Trinajstić information content (AvgIpc) is 3.34. The minimum Gasteiger partial charge on any atom is -0.355 e. The first-order chi connectivity index (χ1) is 13.6. The molecule has 7 heteroatoms. The van der Waals surface area contributed by atoms with Gasteiger partial charge in [-0.3, -0.25) is 4.79 Å². The fourth-order valence-electron chi connectivity index (χ4n) is 2.84. The van der Waals surface area contributed by atoms with Crippen LogP contribution in [0, 0.1) is 0 Å². The van der Waals surface area contributed by atoms with Crippen LogP contribution < -0.4 is 5.32 Å². The Kier molecular flexibility index (Phi) is 7.28. The molecular weight excluding hydrogens is 388 g/mol. The number of carbonyl (C=O) groups is 1. The molecule has 3 aromatic rings. The minimum atomic E-state index is 0.0192. The van der Waals surface area contributed by atoms with Gasteiger partial charge in [-0.05, 0) is 30.9 Å². The number of rotatable bonds is 9. The van der Waals surface area contributed by atoms with E-state index in [2.05, 4.69) is 64.4 Å². The third kappa shape index (κ3) is 5.23. The zero-order chi connectivity index (χ0) is 19.9. The van der Waals surface area contributed by atoms with Gasteiger partial charge in [-0.15, -0.1) is 21.5 Å². The van der Waals surface area contributed by atoms with Crippen LogP contribution in [0.5, 0.6) is 0 Å². The molecule has 0 aliphatic heterocycles. The molecule has 1 aromatic carbocycles. The molecule has 148 valence electrons. The summed E-state index contributed by atoms with van der Waals surface area (Å²) in [6.45, 7) is 7.87. The molecule has 2 aromatic heterocycles. The van der Waals surface area contributed by atoms with Gasteiger partial charge in [0.1, 0.15) is 0 Å². The summed E-state index contributed by atoms with van der Waals surface area (Å²) >= 11 is 3.19. The van der Waals surface area contributed by atoms with E-state index in [0.29, 0.717) is 18.2 Å². The highest BCUT2D eigenvalue weighted by Gasteiger charge is 2.16. The van der Waals surface area contributed by atoms with Crippen LogP contribution in [0.2, 0.25) is 0 Å². The van der Waals surface area contributed by atoms with E-state index in [1.165, 1.54) is 22.2 Å². The Labute approximate surface area is 174 Å². The first kappa shape index (κ1) is 20.6. The molecule has 0 bridgehead atoms. The first-order valence-corrected chi connectivity index (χ1v) is 11.4. The molecule has 3 rings (SSSR count). The van der Waals surface area contributed by atoms with Gasteiger partial charge in [0, 0.05) is 28.9 Å². The molecule has 1 amide bonds. The zero-order valence-corrected chi connectivity index (χ0v) is 18.1. The lowest BCUT2D eigenvalue weighted by atomic mass is 10.1. The maximum absolute atomic E-state index is 12.2. The van der Waals surface area contributed by atoms with Crippen molar-refractivity contribution in [1.29, 1.82) is 0 Å². The normalized spacial score (nSPS) is 11.1. The van der Waals surface area contributed by atoms with E-state index in [1.54, 1.807) is 11.3 Å². The molecule has 0 spiro atoms. The van der Waals surface area contributed by atoms with Crippen molar-refractivity contribution in [2.24, 2.45) is 0 Å². The highest BCUT2D eigenvalue weighted by atomic mass is 32.2. The van der Waals surface area contributed by atoms with E-state index >= 15 is 0 Å². The smallest absolute Gasteiger partial charge is 0.230 e. The van der Waals surface area contributed by atoms with Crippen LogP contribution in [0.3, 0.4) is 0 Å². The van der Waals surface area contributed by atoms with Crippen molar-refractivity contribution in [2.75, 3.05) is 12.3 Å². The molecule has 0 radical (unpaired) electrons. The number of nitrogens with zero attached hydrogens (tertiary/aromatic N) is 3. The number of carbonyl (C=O) groups excluding carboxylic acids is 1. The molecule has 0 aliphatic rings. The van der Waals surface area contributed by atoms with Crippen LogP contribution in [0.1, 0.15) is 37.1 Å². The van der Waals surface area contributed by atoms with Gasteiger partial charge >= 0.3 is 0 Å². The average molecular weight is 415 g/mol. The summed E-state index contributed by atoms with van der Waals surface area (Å²) in [6, 6.07) is 12.4. The van der Waals surface area contributed by atoms with Crippen LogP contribution >= 0.6 is 23.1 Å². The van der Waals surface area contributed by atoms with E-state index in [-0.39, 0.29) is 5.91 Å². The molecule has 28 heavy (non-hydrogen) atoms. The SMILES string of the molecule is CCn1c(SCC(=O)NCCc2ccccc2)nnc1-c1csc(C(C)C)c1. The molecule has 1 N–H and O–H groups in total. The number of aromatic nitrogens is 3. The van der Waals surface area contributed by atoms with Gasteiger partial charge in [0.15, 0.2) is 11.0 Å². The monoisotopic (exact) mass is 414 g/mol. The van der Waals surface area contributed by atoms with Crippen LogP contribution in [-0.2, 0) is 17.8 Å². The highest BCUT2D eigenvalue weighted by Crippen LogP contribution is 2.30. The fourth-order valence-corrected chi connectivity index (χ4v) is 4.57. The Bertz CT molecular complexity index is 902. The van der Waals surface area contributed by atoms with Crippen molar-refractivity contribution >= 4 is 29.0 Å². The summed E-state index contributed by atoms with van der Waals surface area (Å²) in [6.07, 6.45) is 0.836. The van der Waals surface area contributed by atoms with Gasteiger partial charge < -0.3 is 9.88 Å².